The minimum Gasteiger partial charge on any atom is -0.398 e. The molecule has 0 aliphatic heterocycles. The molecule has 4 rings (SSSR count). The summed E-state index contributed by atoms with van der Waals surface area (Å²) >= 11 is 0. The van der Waals surface area contributed by atoms with E-state index < -0.39 is 11.9 Å². The van der Waals surface area contributed by atoms with Crippen molar-refractivity contribution in [1.82, 2.24) is 0 Å². The average Bonchev–Trinajstić information content (AvgIpc) is 2.69. The molecule has 132 valence electrons. The molecule has 0 aliphatic rings. The third-order valence-corrected chi connectivity index (χ3v) is 4.54. The third kappa shape index (κ3) is 2.85. The van der Waals surface area contributed by atoms with Crippen molar-refractivity contribution in [1.29, 1.82) is 0 Å². The molecule has 0 fully saturated rings. The Morgan fingerprint density at radius 1 is 0.556 bits per heavy atom. The molecular weight excluding hydrogens is 340 g/mol. The summed E-state index contributed by atoms with van der Waals surface area (Å²) in [6, 6.07) is 20.8. The van der Waals surface area contributed by atoms with E-state index >= 15 is 0 Å². The van der Waals surface area contributed by atoms with E-state index in [9.17, 15) is 9.59 Å². The van der Waals surface area contributed by atoms with Gasteiger partial charge in [-0.1, -0.05) is 48.5 Å². The molecule has 0 unspecified atom stereocenters. The zero-order valence-corrected chi connectivity index (χ0v) is 14.3. The standard InChI is InChI=1S/C22H16N2O3/c23-19-11-9-17(13-5-1-3-7-15(13)19)21(25)27-22(26)18-10-12-20(24)16-8-4-2-6-14(16)18/h1-12H,23-24H2. The van der Waals surface area contributed by atoms with Crippen LogP contribution in [-0.4, -0.2) is 11.9 Å². The van der Waals surface area contributed by atoms with Crippen molar-refractivity contribution in [2.24, 2.45) is 0 Å². The van der Waals surface area contributed by atoms with Crippen molar-refractivity contribution in [3.05, 3.63) is 83.9 Å². The highest BCUT2D eigenvalue weighted by Gasteiger charge is 2.20. The van der Waals surface area contributed by atoms with E-state index in [1.807, 2.05) is 24.3 Å². The van der Waals surface area contributed by atoms with Crippen LogP contribution in [0.25, 0.3) is 21.5 Å². The van der Waals surface area contributed by atoms with Crippen LogP contribution in [0.3, 0.4) is 0 Å². The molecule has 4 aromatic carbocycles. The first kappa shape index (κ1) is 16.6. The Morgan fingerprint density at radius 2 is 0.926 bits per heavy atom. The Morgan fingerprint density at radius 3 is 1.33 bits per heavy atom. The number of esters is 2. The first-order valence-electron chi connectivity index (χ1n) is 8.37. The normalized spacial score (nSPS) is 10.8. The Balaban J connectivity index is 1.72. The van der Waals surface area contributed by atoms with Crippen molar-refractivity contribution >= 4 is 44.9 Å². The van der Waals surface area contributed by atoms with Gasteiger partial charge < -0.3 is 16.2 Å². The quantitative estimate of drug-likeness (QED) is 0.319. The lowest BCUT2D eigenvalue weighted by Crippen LogP contribution is -2.14. The van der Waals surface area contributed by atoms with Crippen molar-refractivity contribution < 1.29 is 14.3 Å². The van der Waals surface area contributed by atoms with Crippen LogP contribution < -0.4 is 11.5 Å². The molecule has 0 atom stereocenters. The van der Waals surface area contributed by atoms with Gasteiger partial charge in [0.2, 0.25) is 0 Å². The smallest absolute Gasteiger partial charge is 0.346 e. The zero-order chi connectivity index (χ0) is 19.0. The summed E-state index contributed by atoms with van der Waals surface area (Å²) < 4.78 is 5.16. The molecule has 0 spiro atoms. The van der Waals surface area contributed by atoms with E-state index in [1.165, 1.54) is 0 Å². The van der Waals surface area contributed by atoms with Gasteiger partial charge >= 0.3 is 11.9 Å². The average molecular weight is 356 g/mol. The van der Waals surface area contributed by atoms with Crippen LogP contribution >= 0.6 is 0 Å². The Labute approximate surface area is 155 Å². The predicted octanol–water partition coefficient (Wildman–Crippen LogP) is 4.15. The van der Waals surface area contributed by atoms with Gasteiger partial charge in [-0.3, -0.25) is 0 Å². The third-order valence-electron chi connectivity index (χ3n) is 4.54. The molecule has 0 saturated carbocycles. The van der Waals surface area contributed by atoms with Crippen molar-refractivity contribution in [2.45, 2.75) is 0 Å². The van der Waals surface area contributed by atoms with Gasteiger partial charge in [-0.05, 0) is 35.0 Å². The zero-order valence-electron chi connectivity index (χ0n) is 14.3. The molecule has 0 aliphatic carbocycles. The molecule has 0 saturated heterocycles. The molecule has 0 bridgehead atoms. The van der Waals surface area contributed by atoms with Crippen molar-refractivity contribution in [3.63, 3.8) is 0 Å². The molecule has 0 radical (unpaired) electrons. The summed E-state index contributed by atoms with van der Waals surface area (Å²) in [6.45, 7) is 0. The maximum absolute atomic E-state index is 12.6. The highest BCUT2D eigenvalue weighted by atomic mass is 16.6. The summed E-state index contributed by atoms with van der Waals surface area (Å²) in [5, 5.41) is 2.74. The summed E-state index contributed by atoms with van der Waals surface area (Å²) in [6.07, 6.45) is 0. The number of hydrogen-bond acceptors (Lipinski definition) is 5. The molecule has 0 amide bonds. The van der Waals surface area contributed by atoms with Crippen LogP contribution in [0.1, 0.15) is 20.7 Å². The van der Waals surface area contributed by atoms with Crippen LogP contribution in [0.2, 0.25) is 0 Å². The van der Waals surface area contributed by atoms with E-state index in [0.717, 1.165) is 10.8 Å². The van der Waals surface area contributed by atoms with Gasteiger partial charge in [0.1, 0.15) is 0 Å². The molecule has 5 nitrogen and oxygen atoms in total. The van der Waals surface area contributed by atoms with E-state index in [4.69, 9.17) is 16.2 Å². The van der Waals surface area contributed by atoms with Crippen LogP contribution in [0.4, 0.5) is 11.4 Å². The Bertz CT molecular complexity index is 1120. The lowest BCUT2D eigenvalue weighted by Gasteiger charge is -2.10. The highest BCUT2D eigenvalue weighted by Crippen LogP contribution is 2.27. The lowest BCUT2D eigenvalue weighted by atomic mass is 10.0. The summed E-state index contributed by atoms with van der Waals surface area (Å²) in [5.74, 6) is -1.45. The van der Waals surface area contributed by atoms with E-state index in [1.54, 1.807) is 48.5 Å². The topological polar surface area (TPSA) is 95.4 Å². The number of benzene rings is 4. The van der Waals surface area contributed by atoms with Gasteiger partial charge in [-0.2, -0.15) is 0 Å². The molecule has 4 aromatic rings. The lowest BCUT2D eigenvalue weighted by molar-refractivity contribution is 0.0401. The minimum atomic E-state index is -0.725. The van der Waals surface area contributed by atoms with Gasteiger partial charge in [0.25, 0.3) is 0 Å². The monoisotopic (exact) mass is 356 g/mol. The minimum absolute atomic E-state index is 0.285. The fraction of sp³-hybridized carbons (Fsp3) is 0. The van der Waals surface area contributed by atoms with Gasteiger partial charge in [-0.15, -0.1) is 0 Å². The van der Waals surface area contributed by atoms with Gasteiger partial charge in [-0.25, -0.2) is 9.59 Å². The van der Waals surface area contributed by atoms with Crippen molar-refractivity contribution in [2.75, 3.05) is 11.5 Å². The molecule has 27 heavy (non-hydrogen) atoms. The second kappa shape index (κ2) is 6.46. The number of anilines is 2. The van der Waals surface area contributed by atoms with E-state index in [-0.39, 0.29) is 11.1 Å². The Hall–Kier alpha value is -3.86. The number of carbonyl (C=O) groups excluding carboxylic acids is 2. The van der Waals surface area contributed by atoms with Crippen molar-refractivity contribution in [3.8, 4) is 0 Å². The van der Waals surface area contributed by atoms with Crippen LogP contribution in [-0.2, 0) is 4.74 Å². The fourth-order valence-electron chi connectivity index (χ4n) is 3.19. The summed E-state index contributed by atoms with van der Waals surface area (Å²) in [4.78, 5) is 25.3. The summed E-state index contributed by atoms with van der Waals surface area (Å²) in [7, 11) is 0. The van der Waals surface area contributed by atoms with Gasteiger partial charge in [0, 0.05) is 22.1 Å². The van der Waals surface area contributed by atoms with Gasteiger partial charge in [0.05, 0.1) is 11.1 Å². The maximum atomic E-state index is 12.6. The highest BCUT2D eigenvalue weighted by molar-refractivity contribution is 6.15. The summed E-state index contributed by atoms with van der Waals surface area (Å²) in [5.41, 5.74) is 13.6. The number of nitrogen functional groups attached to an aromatic ring is 2. The SMILES string of the molecule is Nc1ccc(C(=O)OC(=O)c2ccc(N)c3ccccc23)c2ccccc12. The Kier molecular flexibility index (Phi) is 3.97. The largest absolute Gasteiger partial charge is 0.398 e. The molecule has 5 heteroatoms. The van der Waals surface area contributed by atoms with Crippen LogP contribution in [0.15, 0.2) is 72.8 Å². The maximum Gasteiger partial charge on any atom is 0.346 e. The number of carbonyl (C=O) groups is 2. The number of hydrogen-bond donors (Lipinski definition) is 2. The molecule has 4 N–H and O–H groups in total. The second-order valence-electron chi connectivity index (χ2n) is 6.17. The second-order valence-corrected chi connectivity index (χ2v) is 6.17. The molecule has 0 heterocycles. The van der Waals surface area contributed by atoms with E-state index in [0.29, 0.717) is 22.1 Å². The van der Waals surface area contributed by atoms with Crippen LogP contribution in [0, 0.1) is 0 Å². The molecule has 0 aromatic heterocycles. The number of ether oxygens (including phenoxy) is 1. The van der Waals surface area contributed by atoms with E-state index in [2.05, 4.69) is 0 Å². The number of rotatable bonds is 2. The van der Waals surface area contributed by atoms with Gasteiger partial charge in [0.15, 0.2) is 0 Å². The molecular formula is C22H16N2O3. The number of nitrogens with two attached hydrogens (primary N) is 2. The first-order chi connectivity index (χ1) is 13.1. The fourth-order valence-corrected chi connectivity index (χ4v) is 3.19. The number of fused-ring (bicyclic) bond motifs is 2. The van der Waals surface area contributed by atoms with Crippen LogP contribution in [0.5, 0.6) is 0 Å². The first-order valence-corrected chi connectivity index (χ1v) is 8.37. The predicted molar refractivity (Wildman–Crippen MR) is 106 cm³/mol.